The fourth-order valence-electron chi connectivity index (χ4n) is 1.73. The Morgan fingerprint density at radius 1 is 1.36 bits per heavy atom. The molecule has 0 bridgehead atoms. The van der Waals surface area contributed by atoms with Crippen LogP contribution in [0.2, 0.25) is 0 Å². The van der Waals surface area contributed by atoms with Gasteiger partial charge in [-0.25, -0.2) is 0 Å². The molecule has 1 aliphatic heterocycles. The molecule has 0 aromatic heterocycles. The molecule has 14 heavy (non-hydrogen) atoms. The fourth-order valence-corrected chi connectivity index (χ4v) is 1.73. The SMILES string of the molecule is [CH2-]CNCCCN1CCC(N)CC1.[K+]. The third-order valence-electron chi connectivity index (χ3n) is 2.64. The Labute approximate surface area is 131 Å². The maximum Gasteiger partial charge on any atom is 1.00 e. The third-order valence-corrected chi connectivity index (χ3v) is 2.64. The zero-order valence-corrected chi connectivity index (χ0v) is 12.6. The van der Waals surface area contributed by atoms with Gasteiger partial charge in [0, 0.05) is 6.04 Å². The Hall–Kier alpha value is 1.52. The van der Waals surface area contributed by atoms with Crippen molar-refractivity contribution in [3.05, 3.63) is 6.92 Å². The van der Waals surface area contributed by atoms with Crippen LogP contribution in [0, 0.1) is 6.92 Å². The molecular formula is C10H22KN3. The molecule has 0 atom stereocenters. The normalized spacial score (nSPS) is 19.3. The van der Waals surface area contributed by atoms with Gasteiger partial charge in [0.2, 0.25) is 0 Å². The monoisotopic (exact) mass is 223 g/mol. The second kappa shape index (κ2) is 9.72. The van der Waals surface area contributed by atoms with Crippen LogP contribution in [0.25, 0.3) is 0 Å². The van der Waals surface area contributed by atoms with E-state index >= 15 is 0 Å². The number of nitrogens with zero attached hydrogens (tertiary/aromatic N) is 1. The second-order valence-electron chi connectivity index (χ2n) is 3.78. The molecule has 0 amide bonds. The number of piperidine rings is 1. The number of rotatable bonds is 5. The van der Waals surface area contributed by atoms with E-state index in [2.05, 4.69) is 17.1 Å². The Kier molecular flexibility index (Phi) is 10.8. The molecule has 0 unspecified atom stereocenters. The standard InChI is InChI=1S/C10H22N3.K/c1-2-12-6-3-7-13-8-4-10(11)5-9-13;/h10,12H,1-9,11H2;/q-1;+1. The van der Waals surface area contributed by atoms with Gasteiger partial charge in [0.05, 0.1) is 0 Å². The maximum atomic E-state index is 5.83. The van der Waals surface area contributed by atoms with Gasteiger partial charge in [0.1, 0.15) is 0 Å². The molecule has 78 valence electrons. The van der Waals surface area contributed by atoms with Crippen molar-refractivity contribution in [1.82, 2.24) is 10.2 Å². The van der Waals surface area contributed by atoms with Gasteiger partial charge in [0.15, 0.2) is 0 Å². The fraction of sp³-hybridized carbons (Fsp3) is 0.900. The molecule has 1 rings (SSSR count). The minimum absolute atomic E-state index is 0. The first-order valence-corrected chi connectivity index (χ1v) is 5.31. The van der Waals surface area contributed by atoms with Gasteiger partial charge < -0.3 is 22.9 Å². The molecule has 1 aliphatic rings. The average molecular weight is 223 g/mol. The van der Waals surface area contributed by atoms with Crippen molar-refractivity contribution in [2.75, 3.05) is 32.7 Å². The van der Waals surface area contributed by atoms with Crippen LogP contribution in [0.4, 0.5) is 0 Å². The molecule has 0 radical (unpaired) electrons. The molecule has 0 aromatic rings. The van der Waals surface area contributed by atoms with E-state index in [1.165, 1.54) is 38.9 Å². The molecule has 1 saturated heterocycles. The van der Waals surface area contributed by atoms with E-state index in [0.717, 1.165) is 13.1 Å². The third kappa shape index (κ3) is 6.90. The summed E-state index contributed by atoms with van der Waals surface area (Å²) in [6, 6.07) is 0.453. The van der Waals surface area contributed by atoms with Gasteiger partial charge in [-0.2, -0.15) is 0 Å². The summed E-state index contributed by atoms with van der Waals surface area (Å²) in [7, 11) is 0. The first-order chi connectivity index (χ1) is 6.33. The summed E-state index contributed by atoms with van der Waals surface area (Å²) in [6.45, 7) is 9.25. The van der Waals surface area contributed by atoms with Crippen molar-refractivity contribution in [2.45, 2.75) is 25.3 Å². The predicted octanol–water partition coefficient (Wildman–Crippen LogP) is -2.77. The summed E-state index contributed by atoms with van der Waals surface area (Å²) in [6.07, 6.45) is 3.57. The average Bonchev–Trinajstić information content (AvgIpc) is 2.15. The summed E-state index contributed by atoms with van der Waals surface area (Å²) in [5, 5.41) is 3.23. The van der Waals surface area contributed by atoms with Gasteiger partial charge >= 0.3 is 51.4 Å². The van der Waals surface area contributed by atoms with Crippen LogP contribution in [0.3, 0.4) is 0 Å². The van der Waals surface area contributed by atoms with Crippen LogP contribution in [0.15, 0.2) is 0 Å². The quantitative estimate of drug-likeness (QED) is 0.301. The van der Waals surface area contributed by atoms with Gasteiger partial charge in [-0.3, -0.25) is 0 Å². The zero-order valence-electron chi connectivity index (χ0n) is 9.47. The van der Waals surface area contributed by atoms with Crippen LogP contribution in [-0.2, 0) is 0 Å². The Morgan fingerprint density at radius 3 is 2.57 bits per heavy atom. The summed E-state index contributed by atoms with van der Waals surface area (Å²) in [5.41, 5.74) is 5.83. The van der Waals surface area contributed by atoms with Crippen molar-refractivity contribution in [1.29, 1.82) is 0 Å². The predicted molar refractivity (Wildman–Crippen MR) is 56.5 cm³/mol. The van der Waals surface area contributed by atoms with Gasteiger partial charge in [-0.15, -0.1) is 6.54 Å². The van der Waals surface area contributed by atoms with E-state index < -0.39 is 0 Å². The van der Waals surface area contributed by atoms with Crippen molar-refractivity contribution < 1.29 is 51.4 Å². The van der Waals surface area contributed by atoms with Crippen molar-refractivity contribution in [2.24, 2.45) is 5.73 Å². The number of hydrogen-bond acceptors (Lipinski definition) is 3. The second-order valence-corrected chi connectivity index (χ2v) is 3.78. The first kappa shape index (κ1) is 15.5. The Bertz CT molecular complexity index is 125. The van der Waals surface area contributed by atoms with Crippen LogP contribution in [-0.4, -0.2) is 43.7 Å². The van der Waals surface area contributed by atoms with E-state index in [1.54, 1.807) is 0 Å². The first-order valence-electron chi connectivity index (χ1n) is 5.31. The largest absolute Gasteiger partial charge is 1.00 e. The molecule has 3 nitrogen and oxygen atoms in total. The van der Waals surface area contributed by atoms with Crippen LogP contribution in [0.1, 0.15) is 19.3 Å². The Balaban J connectivity index is 0.00000169. The van der Waals surface area contributed by atoms with Crippen molar-refractivity contribution in [3.63, 3.8) is 0 Å². The van der Waals surface area contributed by atoms with E-state index in [-0.39, 0.29) is 51.4 Å². The number of hydrogen-bond donors (Lipinski definition) is 2. The van der Waals surface area contributed by atoms with Crippen LogP contribution in [0.5, 0.6) is 0 Å². The molecule has 0 aliphatic carbocycles. The summed E-state index contributed by atoms with van der Waals surface area (Å²) < 4.78 is 0. The summed E-state index contributed by atoms with van der Waals surface area (Å²) in [5.74, 6) is 0. The summed E-state index contributed by atoms with van der Waals surface area (Å²) >= 11 is 0. The molecule has 4 heteroatoms. The molecule has 0 saturated carbocycles. The summed E-state index contributed by atoms with van der Waals surface area (Å²) in [4.78, 5) is 2.51. The topological polar surface area (TPSA) is 41.3 Å². The number of nitrogens with two attached hydrogens (primary N) is 1. The van der Waals surface area contributed by atoms with Crippen LogP contribution >= 0.6 is 0 Å². The molecule has 1 fully saturated rings. The molecule has 0 aromatic carbocycles. The zero-order chi connectivity index (χ0) is 9.52. The maximum absolute atomic E-state index is 5.83. The van der Waals surface area contributed by atoms with Gasteiger partial charge in [0.25, 0.3) is 0 Å². The van der Waals surface area contributed by atoms with Crippen molar-refractivity contribution in [3.8, 4) is 0 Å². The smallest absolute Gasteiger partial charge is 0.346 e. The van der Waals surface area contributed by atoms with E-state index in [4.69, 9.17) is 5.73 Å². The number of nitrogens with one attached hydrogen (secondary N) is 1. The van der Waals surface area contributed by atoms with E-state index in [1.807, 2.05) is 0 Å². The Morgan fingerprint density at radius 2 is 2.00 bits per heavy atom. The molecule has 3 N–H and O–H groups in total. The molecular weight excluding hydrogens is 201 g/mol. The van der Waals surface area contributed by atoms with Gasteiger partial charge in [-0.05, 0) is 45.4 Å². The minimum Gasteiger partial charge on any atom is -0.346 e. The van der Waals surface area contributed by atoms with E-state index in [9.17, 15) is 0 Å². The number of likely N-dealkylation sites (tertiary alicyclic amines) is 1. The van der Waals surface area contributed by atoms with Crippen molar-refractivity contribution >= 4 is 0 Å². The minimum atomic E-state index is 0. The molecule has 0 spiro atoms. The van der Waals surface area contributed by atoms with Gasteiger partial charge in [-0.1, -0.05) is 0 Å². The molecule has 1 heterocycles. The van der Waals surface area contributed by atoms with E-state index in [0.29, 0.717) is 6.04 Å². The van der Waals surface area contributed by atoms with Crippen LogP contribution < -0.4 is 62.4 Å².